The topological polar surface area (TPSA) is 9.23 Å². The molecule has 9 rings (SSSR count). The van der Waals surface area contributed by atoms with Gasteiger partial charge in [0.15, 0.2) is 0 Å². The van der Waals surface area contributed by atoms with Crippen LogP contribution in [-0.2, 0) is 11.8 Å². The molecule has 0 aromatic heterocycles. The molecule has 0 aliphatic carbocycles. The Morgan fingerprint density at radius 2 is 0.528 bits per heavy atom. The van der Waals surface area contributed by atoms with E-state index >= 15 is 0 Å². The van der Waals surface area contributed by atoms with Crippen LogP contribution in [0.5, 0.6) is 11.5 Å². The molecule has 0 bridgehead atoms. The van der Waals surface area contributed by atoms with Crippen LogP contribution in [0.4, 0.5) is 0 Å². The highest BCUT2D eigenvalue weighted by Gasteiger charge is 2.22. The van der Waals surface area contributed by atoms with E-state index < -0.39 is 0 Å². The van der Waals surface area contributed by atoms with Crippen molar-refractivity contribution < 1.29 is 4.74 Å². The minimum Gasteiger partial charge on any atom is -0.457 e. The number of benzene rings is 9. The van der Waals surface area contributed by atoms with Crippen molar-refractivity contribution in [3.05, 3.63) is 307 Å². The van der Waals surface area contributed by atoms with Crippen molar-refractivity contribution in [2.24, 2.45) is 0 Å². The second kappa shape index (κ2) is 29.2. The average Bonchev–Trinajstić information content (AvgIpc) is 3.36. The van der Waals surface area contributed by atoms with Gasteiger partial charge >= 0.3 is 0 Å². The summed E-state index contributed by atoms with van der Waals surface area (Å²) in [7, 11) is 0. The molecule has 0 N–H and O–H groups in total. The fourth-order valence-electron chi connectivity index (χ4n) is 7.45. The van der Waals surface area contributed by atoms with Gasteiger partial charge in [-0.15, -0.1) is 0 Å². The van der Waals surface area contributed by atoms with E-state index in [9.17, 15) is 0 Å². The minimum absolute atomic E-state index is 0.0708. The van der Waals surface area contributed by atoms with Crippen molar-refractivity contribution >= 4 is 0 Å². The summed E-state index contributed by atoms with van der Waals surface area (Å²) in [6.07, 6.45) is 1.03. The molecule has 1 heteroatoms. The van der Waals surface area contributed by atoms with Gasteiger partial charge in [0, 0.05) is 5.41 Å². The van der Waals surface area contributed by atoms with E-state index in [1.807, 2.05) is 48.5 Å². The van der Waals surface area contributed by atoms with E-state index in [0.717, 1.165) is 17.9 Å². The van der Waals surface area contributed by atoms with Crippen LogP contribution in [0.25, 0.3) is 0 Å². The van der Waals surface area contributed by atoms with Gasteiger partial charge in [-0.25, -0.2) is 0 Å². The first kappa shape index (κ1) is 57.4. The first-order valence-electron chi connectivity index (χ1n) is 25.4. The molecule has 0 radical (unpaired) electrons. The zero-order valence-electron chi connectivity index (χ0n) is 46.3. The highest BCUT2D eigenvalue weighted by atomic mass is 16.5. The maximum absolute atomic E-state index is 5.69. The Bertz CT molecular complexity index is 2630. The Hall–Kier alpha value is -7.22. The van der Waals surface area contributed by atoms with E-state index in [1.165, 1.54) is 94.6 Å². The van der Waals surface area contributed by atoms with Crippen LogP contribution in [0.3, 0.4) is 0 Å². The van der Waals surface area contributed by atoms with Gasteiger partial charge in [0.2, 0.25) is 0 Å². The standard InChI is InChI=1S/C17H20.C15H16.C14H14O.C9H12.2C8H10/c1-13-5-9-15(10-6-13)17(3,4)16-11-7-14(2)8-12-16;1-12-3-7-14(8-4-12)11-15-9-5-13(2)6-10-15;1-11-3-7-13(8-4-11)15-14-9-5-12(2)6-10-14;1-7-5-4-6-8(2)9(7)3;1-7-3-5-8(2)6-4-7;1-7-4-3-5-8(2)6-7/h5-12H,1-4H3;3-10H,11H2,1-2H3;3-10H,1-2H3;4-6H,1-3H3;2*3-6H,1-2H3. The van der Waals surface area contributed by atoms with E-state index in [-0.39, 0.29) is 5.41 Å². The van der Waals surface area contributed by atoms with Gasteiger partial charge in [-0.2, -0.15) is 0 Å². The first-order valence-corrected chi connectivity index (χ1v) is 25.4. The molecule has 0 amide bonds. The van der Waals surface area contributed by atoms with Gasteiger partial charge in [0.05, 0.1) is 0 Å². The van der Waals surface area contributed by atoms with Crippen LogP contribution >= 0.6 is 0 Å². The second-order valence-corrected chi connectivity index (χ2v) is 20.1. The lowest BCUT2D eigenvalue weighted by Gasteiger charge is -2.26. The zero-order valence-corrected chi connectivity index (χ0v) is 46.3. The van der Waals surface area contributed by atoms with Crippen molar-refractivity contribution in [3.63, 3.8) is 0 Å². The predicted octanol–water partition coefficient (Wildman–Crippen LogP) is 19.8. The third-order valence-corrected chi connectivity index (χ3v) is 12.7. The maximum Gasteiger partial charge on any atom is 0.127 e. The molecule has 0 spiro atoms. The number of aryl methyl sites for hydroxylation is 12. The molecule has 9 aromatic carbocycles. The molecule has 0 aliphatic heterocycles. The molecule has 0 aliphatic rings. The van der Waals surface area contributed by atoms with E-state index in [0.29, 0.717) is 0 Å². The Morgan fingerprint density at radius 1 is 0.278 bits per heavy atom. The van der Waals surface area contributed by atoms with Crippen LogP contribution in [0.15, 0.2) is 212 Å². The number of hydrogen-bond donors (Lipinski definition) is 0. The van der Waals surface area contributed by atoms with Crippen molar-refractivity contribution in [2.45, 2.75) is 116 Å². The van der Waals surface area contributed by atoms with Crippen LogP contribution in [0.2, 0.25) is 0 Å². The molecule has 72 heavy (non-hydrogen) atoms. The van der Waals surface area contributed by atoms with Gasteiger partial charge in [-0.3, -0.25) is 0 Å². The quantitative estimate of drug-likeness (QED) is 0.161. The largest absolute Gasteiger partial charge is 0.457 e. The summed E-state index contributed by atoms with van der Waals surface area (Å²) in [4.78, 5) is 0. The molecule has 0 fully saturated rings. The second-order valence-electron chi connectivity index (χ2n) is 20.1. The van der Waals surface area contributed by atoms with E-state index in [1.54, 1.807) is 0 Å². The number of ether oxygens (including phenoxy) is 1. The van der Waals surface area contributed by atoms with Gasteiger partial charge in [0.25, 0.3) is 0 Å². The highest BCUT2D eigenvalue weighted by molar-refractivity contribution is 5.40. The molecule has 9 aromatic rings. The smallest absolute Gasteiger partial charge is 0.127 e. The van der Waals surface area contributed by atoms with Crippen molar-refractivity contribution in [3.8, 4) is 11.5 Å². The predicted molar refractivity (Wildman–Crippen MR) is 315 cm³/mol. The van der Waals surface area contributed by atoms with E-state index in [2.05, 4.69) is 268 Å². The fourth-order valence-corrected chi connectivity index (χ4v) is 7.45. The van der Waals surface area contributed by atoms with E-state index in [4.69, 9.17) is 4.74 Å². The lowest BCUT2D eigenvalue weighted by molar-refractivity contribution is 0.482. The summed E-state index contributed by atoms with van der Waals surface area (Å²) >= 11 is 0. The first-order chi connectivity index (χ1) is 34.3. The Kier molecular flexibility index (Phi) is 23.3. The normalized spacial score (nSPS) is 10.2. The zero-order chi connectivity index (χ0) is 52.6. The summed E-state index contributed by atoms with van der Waals surface area (Å²) < 4.78 is 5.69. The van der Waals surface area contributed by atoms with Crippen LogP contribution in [0.1, 0.15) is 108 Å². The summed E-state index contributed by atoms with van der Waals surface area (Å²) in [5, 5.41) is 0. The van der Waals surface area contributed by atoms with Crippen molar-refractivity contribution in [2.75, 3.05) is 0 Å². The molecule has 0 atom stereocenters. The van der Waals surface area contributed by atoms with Gasteiger partial charge in [-0.1, -0.05) is 258 Å². The molecule has 1 nitrogen and oxygen atoms in total. The lowest BCUT2D eigenvalue weighted by atomic mass is 9.78. The van der Waals surface area contributed by atoms with Crippen molar-refractivity contribution in [1.82, 2.24) is 0 Å². The maximum atomic E-state index is 5.69. The highest BCUT2D eigenvalue weighted by Crippen LogP contribution is 2.31. The van der Waals surface area contributed by atoms with Crippen LogP contribution < -0.4 is 4.74 Å². The molecule has 0 heterocycles. The minimum atomic E-state index is 0.0708. The number of hydrogen-bond acceptors (Lipinski definition) is 1. The Balaban J connectivity index is 0.000000192. The summed E-state index contributed by atoms with van der Waals surface area (Å²) in [6, 6.07) is 74.6. The third-order valence-electron chi connectivity index (χ3n) is 12.7. The molecule has 0 unspecified atom stereocenters. The fraction of sp³-hybridized carbons (Fsp3) is 0.239. The van der Waals surface area contributed by atoms with Crippen molar-refractivity contribution in [1.29, 1.82) is 0 Å². The SMILES string of the molecule is Cc1ccc(C(C)(C)c2ccc(C)cc2)cc1.Cc1ccc(C)cc1.Cc1ccc(Cc2ccc(C)cc2)cc1.Cc1ccc(Oc2ccc(C)cc2)cc1.Cc1cccc(C)c1.Cc1cccc(C)c1C. The number of rotatable bonds is 6. The molecular weight excluding hydrogens is 869 g/mol. The van der Waals surface area contributed by atoms with Gasteiger partial charge < -0.3 is 4.74 Å². The summed E-state index contributed by atoms with van der Waals surface area (Å²) in [5.74, 6) is 1.76. The van der Waals surface area contributed by atoms with Crippen LogP contribution in [-0.4, -0.2) is 0 Å². The Morgan fingerprint density at radius 3 is 0.792 bits per heavy atom. The molecule has 0 saturated heterocycles. The molecular formula is C71H82O. The lowest BCUT2D eigenvalue weighted by Crippen LogP contribution is -2.18. The van der Waals surface area contributed by atoms with Gasteiger partial charge in [0.1, 0.15) is 11.5 Å². The molecule has 0 saturated carbocycles. The monoisotopic (exact) mass is 951 g/mol. The molecule has 372 valence electrons. The Labute approximate surface area is 436 Å². The van der Waals surface area contributed by atoms with Crippen LogP contribution in [0, 0.1) is 90.0 Å². The third kappa shape index (κ3) is 21.0. The van der Waals surface area contributed by atoms with Gasteiger partial charge in [-0.05, 0) is 160 Å². The average molecular weight is 951 g/mol. The summed E-state index contributed by atoms with van der Waals surface area (Å²) in [6.45, 7) is 32.0. The summed E-state index contributed by atoms with van der Waals surface area (Å²) in [5.41, 5.74) is 22.8.